The van der Waals surface area contributed by atoms with Crippen LogP contribution < -0.4 is 10.2 Å². The lowest BCUT2D eigenvalue weighted by Gasteiger charge is -2.45. The van der Waals surface area contributed by atoms with Crippen molar-refractivity contribution in [1.29, 1.82) is 0 Å². The molecule has 6 heteroatoms. The van der Waals surface area contributed by atoms with Crippen LogP contribution in [-0.4, -0.2) is 28.0 Å². The lowest BCUT2D eigenvalue weighted by atomic mass is 9.77. The topological polar surface area (TPSA) is 54.3 Å². The third-order valence-corrected chi connectivity index (χ3v) is 9.02. The highest BCUT2D eigenvalue weighted by Gasteiger charge is 2.49. The molecule has 0 saturated heterocycles. The standard InChI is InChI=1S/C27H33N3O2S/c1-16-9-10-20(13-18(16)3)30-25(31)23-14-24-22(11-12-33-24)29(23)15-27(30,5)26(32)28-21-8-6-7-17(2)19(21)4/h9-14,17,19,21H,6-8,15H2,1-5H3,(H,28,32)/t17-,19-,21-,27-/m1/s1. The molecule has 1 aliphatic heterocycles. The first-order valence-electron chi connectivity index (χ1n) is 12.0. The van der Waals surface area contributed by atoms with E-state index in [1.54, 1.807) is 16.2 Å². The second-order valence-electron chi connectivity index (χ2n) is 10.3. The Morgan fingerprint density at radius 1 is 1.12 bits per heavy atom. The summed E-state index contributed by atoms with van der Waals surface area (Å²) >= 11 is 1.63. The van der Waals surface area contributed by atoms with E-state index in [1.807, 2.05) is 47.2 Å². The second kappa shape index (κ2) is 8.01. The van der Waals surface area contributed by atoms with E-state index in [2.05, 4.69) is 33.0 Å². The summed E-state index contributed by atoms with van der Waals surface area (Å²) in [5.41, 5.74) is 3.71. The summed E-state index contributed by atoms with van der Waals surface area (Å²) in [4.78, 5) is 29.7. The molecule has 0 unspecified atom stereocenters. The van der Waals surface area contributed by atoms with Crippen molar-refractivity contribution in [3.63, 3.8) is 0 Å². The van der Waals surface area contributed by atoms with Crippen LogP contribution in [0.1, 0.15) is 61.6 Å². The fraction of sp³-hybridized carbons (Fsp3) is 0.481. The lowest BCUT2D eigenvalue weighted by Crippen LogP contribution is -2.66. The van der Waals surface area contributed by atoms with Crippen LogP contribution in [0.3, 0.4) is 0 Å². The maximum Gasteiger partial charge on any atom is 0.275 e. The Morgan fingerprint density at radius 2 is 1.91 bits per heavy atom. The molecule has 5 rings (SSSR count). The molecule has 1 N–H and O–H groups in total. The van der Waals surface area contributed by atoms with Gasteiger partial charge in [-0.05, 0) is 79.8 Å². The molecule has 0 spiro atoms. The van der Waals surface area contributed by atoms with Crippen LogP contribution in [0.4, 0.5) is 5.69 Å². The summed E-state index contributed by atoms with van der Waals surface area (Å²) in [6.45, 7) is 11.0. The Bertz CT molecular complexity index is 1240. The Labute approximate surface area is 199 Å². The zero-order chi connectivity index (χ0) is 23.5. The Hall–Kier alpha value is -2.60. The van der Waals surface area contributed by atoms with E-state index in [4.69, 9.17) is 0 Å². The van der Waals surface area contributed by atoms with Crippen molar-refractivity contribution < 1.29 is 9.59 Å². The molecule has 5 nitrogen and oxygen atoms in total. The maximum absolute atomic E-state index is 14.0. The van der Waals surface area contributed by atoms with Gasteiger partial charge in [0.2, 0.25) is 5.91 Å². The first-order chi connectivity index (χ1) is 15.7. The van der Waals surface area contributed by atoms with Crippen LogP contribution in [-0.2, 0) is 11.3 Å². The third-order valence-electron chi connectivity index (χ3n) is 8.17. The molecular weight excluding hydrogens is 430 g/mol. The molecule has 0 radical (unpaired) electrons. The van der Waals surface area contributed by atoms with E-state index in [-0.39, 0.29) is 17.9 Å². The quantitative estimate of drug-likeness (QED) is 0.543. The van der Waals surface area contributed by atoms with Crippen molar-refractivity contribution in [3.05, 3.63) is 52.5 Å². The van der Waals surface area contributed by atoms with Crippen LogP contribution in [0.5, 0.6) is 0 Å². The van der Waals surface area contributed by atoms with E-state index in [0.717, 1.165) is 34.3 Å². The number of carbonyl (C=O) groups is 2. The second-order valence-corrected chi connectivity index (χ2v) is 11.3. The first-order valence-corrected chi connectivity index (χ1v) is 12.9. The summed E-state index contributed by atoms with van der Waals surface area (Å²) in [6.07, 6.45) is 3.33. The van der Waals surface area contributed by atoms with Gasteiger partial charge in [-0.3, -0.25) is 14.5 Å². The zero-order valence-corrected chi connectivity index (χ0v) is 21.0. The van der Waals surface area contributed by atoms with E-state index >= 15 is 0 Å². The molecule has 2 aliphatic rings. The fourth-order valence-corrected chi connectivity index (χ4v) is 6.41. The van der Waals surface area contributed by atoms with Gasteiger partial charge in [0, 0.05) is 11.7 Å². The third kappa shape index (κ3) is 3.50. The number of nitrogens with one attached hydrogen (secondary N) is 1. The fourth-order valence-electron chi connectivity index (χ4n) is 5.59. The normalized spacial score (nSPS) is 27.6. The van der Waals surface area contributed by atoms with Crippen LogP contribution in [0.25, 0.3) is 10.2 Å². The molecule has 1 fully saturated rings. The number of thiophene rings is 1. The average Bonchev–Trinajstić information content (AvgIpc) is 3.36. The largest absolute Gasteiger partial charge is 0.351 e. The Balaban J connectivity index is 1.59. The average molecular weight is 464 g/mol. The van der Waals surface area contributed by atoms with Gasteiger partial charge in [-0.15, -0.1) is 11.3 Å². The van der Waals surface area contributed by atoms with Gasteiger partial charge in [0.1, 0.15) is 11.2 Å². The van der Waals surface area contributed by atoms with Crippen molar-refractivity contribution >= 4 is 39.1 Å². The molecule has 33 heavy (non-hydrogen) atoms. The summed E-state index contributed by atoms with van der Waals surface area (Å²) in [6, 6.07) is 10.2. The number of hydrogen-bond acceptors (Lipinski definition) is 3. The highest BCUT2D eigenvalue weighted by atomic mass is 32.1. The lowest BCUT2D eigenvalue weighted by molar-refractivity contribution is -0.128. The van der Waals surface area contributed by atoms with Crippen molar-refractivity contribution in [2.45, 2.75) is 72.0 Å². The number of carbonyl (C=O) groups excluding carboxylic acids is 2. The monoisotopic (exact) mass is 463 g/mol. The van der Waals surface area contributed by atoms with Crippen molar-refractivity contribution in [2.75, 3.05) is 4.90 Å². The van der Waals surface area contributed by atoms with Gasteiger partial charge >= 0.3 is 0 Å². The van der Waals surface area contributed by atoms with Crippen LogP contribution in [0, 0.1) is 25.7 Å². The molecule has 2 aromatic heterocycles. The van der Waals surface area contributed by atoms with Gasteiger partial charge in [-0.25, -0.2) is 0 Å². The number of hydrogen-bond donors (Lipinski definition) is 1. The van der Waals surface area contributed by atoms with Gasteiger partial charge in [0.05, 0.1) is 16.8 Å². The number of aromatic nitrogens is 1. The molecule has 1 saturated carbocycles. The highest BCUT2D eigenvalue weighted by Crippen LogP contribution is 2.38. The molecule has 3 aromatic rings. The zero-order valence-electron chi connectivity index (χ0n) is 20.1. The summed E-state index contributed by atoms with van der Waals surface area (Å²) < 4.78 is 3.12. The molecule has 174 valence electrons. The molecule has 1 aromatic carbocycles. The van der Waals surface area contributed by atoms with Crippen LogP contribution in [0.2, 0.25) is 0 Å². The van der Waals surface area contributed by atoms with Crippen LogP contribution in [0.15, 0.2) is 35.7 Å². The molecule has 3 heterocycles. The molecule has 4 atom stereocenters. The number of amides is 2. The maximum atomic E-state index is 14.0. The molecule has 2 amide bonds. The first kappa shape index (κ1) is 22.2. The smallest absolute Gasteiger partial charge is 0.275 e. The molecule has 1 aliphatic carbocycles. The van der Waals surface area contributed by atoms with Gasteiger partial charge in [0.25, 0.3) is 5.91 Å². The molecule has 0 bridgehead atoms. The van der Waals surface area contributed by atoms with E-state index in [9.17, 15) is 9.59 Å². The SMILES string of the molecule is Cc1ccc(N2C(=O)c3cc4sccc4n3C[C@]2(C)C(=O)N[C@@H]2CCC[C@@H](C)[C@H]2C)cc1C. The van der Waals surface area contributed by atoms with Gasteiger partial charge < -0.3 is 9.88 Å². The van der Waals surface area contributed by atoms with Gasteiger partial charge in [0.15, 0.2) is 0 Å². The Kier molecular flexibility index (Phi) is 5.39. The summed E-state index contributed by atoms with van der Waals surface area (Å²) in [5, 5.41) is 5.42. The van der Waals surface area contributed by atoms with Crippen molar-refractivity contribution in [3.8, 4) is 0 Å². The van der Waals surface area contributed by atoms with Crippen molar-refractivity contribution in [1.82, 2.24) is 9.88 Å². The van der Waals surface area contributed by atoms with Crippen molar-refractivity contribution in [2.24, 2.45) is 11.8 Å². The number of benzene rings is 1. The predicted molar refractivity (Wildman–Crippen MR) is 135 cm³/mol. The highest BCUT2D eigenvalue weighted by molar-refractivity contribution is 7.17. The predicted octanol–water partition coefficient (Wildman–Crippen LogP) is 5.68. The molecular formula is C27H33N3O2S. The number of rotatable bonds is 3. The van der Waals surface area contributed by atoms with Gasteiger partial charge in [-0.2, -0.15) is 0 Å². The van der Waals surface area contributed by atoms with E-state index < -0.39 is 5.54 Å². The number of fused-ring (bicyclic) bond motifs is 3. The minimum atomic E-state index is -1.03. The minimum Gasteiger partial charge on any atom is -0.351 e. The minimum absolute atomic E-state index is 0.0669. The summed E-state index contributed by atoms with van der Waals surface area (Å²) in [5.74, 6) is 0.826. The number of anilines is 1. The summed E-state index contributed by atoms with van der Waals surface area (Å²) in [7, 11) is 0. The number of aryl methyl sites for hydroxylation is 2. The Morgan fingerprint density at radius 3 is 2.67 bits per heavy atom. The van der Waals surface area contributed by atoms with Crippen LogP contribution >= 0.6 is 11.3 Å². The van der Waals surface area contributed by atoms with Gasteiger partial charge in [-0.1, -0.05) is 32.8 Å². The number of nitrogens with zero attached hydrogens (tertiary/aromatic N) is 2. The van der Waals surface area contributed by atoms with E-state index in [0.29, 0.717) is 24.1 Å². The van der Waals surface area contributed by atoms with E-state index in [1.165, 1.54) is 12.0 Å².